The number of nitrogens with two attached hydrogens (primary N) is 1. The molecule has 0 radical (unpaired) electrons. The van der Waals surface area contributed by atoms with Crippen molar-refractivity contribution in [1.82, 2.24) is 0 Å². The van der Waals surface area contributed by atoms with Gasteiger partial charge in [0.2, 0.25) is 0 Å². The van der Waals surface area contributed by atoms with E-state index < -0.39 is 5.54 Å². The lowest BCUT2D eigenvalue weighted by atomic mass is 9.92. The molecule has 1 fully saturated rings. The standard InChI is InChI=1S/C13H25NO3/c1-2-9-16-10-11-17-12(15)13(14)7-5-3-4-6-8-13/h2-11,14H2,1H3. The van der Waals surface area contributed by atoms with Crippen LogP contribution in [0, 0.1) is 0 Å². The largest absolute Gasteiger partial charge is 0.462 e. The maximum Gasteiger partial charge on any atom is 0.326 e. The highest BCUT2D eigenvalue weighted by atomic mass is 16.6. The van der Waals surface area contributed by atoms with E-state index in [1.807, 2.05) is 6.92 Å². The van der Waals surface area contributed by atoms with Crippen molar-refractivity contribution in [3.05, 3.63) is 0 Å². The fourth-order valence-corrected chi connectivity index (χ4v) is 2.15. The molecule has 1 aliphatic rings. The lowest BCUT2D eigenvalue weighted by Crippen LogP contribution is -2.48. The van der Waals surface area contributed by atoms with Crippen LogP contribution in [0.15, 0.2) is 0 Å². The van der Waals surface area contributed by atoms with E-state index in [1.165, 1.54) is 12.8 Å². The summed E-state index contributed by atoms with van der Waals surface area (Å²) in [6.45, 7) is 3.55. The Labute approximate surface area is 104 Å². The number of carbonyl (C=O) groups is 1. The Morgan fingerprint density at radius 2 is 1.76 bits per heavy atom. The van der Waals surface area contributed by atoms with Gasteiger partial charge < -0.3 is 15.2 Å². The molecule has 0 saturated heterocycles. The van der Waals surface area contributed by atoms with Gasteiger partial charge in [0.05, 0.1) is 6.61 Å². The summed E-state index contributed by atoms with van der Waals surface area (Å²) < 4.78 is 10.5. The quantitative estimate of drug-likeness (QED) is 0.440. The second kappa shape index (κ2) is 7.67. The van der Waals surface area contributed by atoms with Crippen LogP contribution in [0.4, 0.5) is 0 Å². The summed E-state index contributed by atoms with van der Waals surface area (Å²) in [7, 11) is 0. The maximum atomic E-state index is 11.9. The van der Waals surface area contributed by atoms with Gasteiger partial charge in [-0.15, -0.1) is 0 Å². The van der Waals surface area contributed by atoms with Gasteiger partial charge in [0.25, 0.3) is 0 Å². The van der Waals surface area contributed by atoms with Crippen molar-refractivity contribution in [3.8, 4) is 0 Å². The third-order valence-electron chi connectivity index (χ3n) is 3.21. The minimum absolute atomic E-state index is 0.250. The van der Waals surface area contributed by atoms with E-state index in [0.29, 0.717) is 19.8 Å². The van der Waals surface area contributed by atoms with Crippen LogP contribution < -0.4 is 5.73 Å². The van der Waals surface area contributed by atoms with Gasteiger partial charge in [-0.2, -0.15) is 0 Å². The summed E-state index contributed by atoms with van der Waals surface area (Å²) in [5, 5.41) is 0. The van der Waals surface area contributed by atoms with Crippen LogP contribution in [0.1, 0.15) is 51.9 Å². The summed E-state index contributed by atoms with van der Waals surface area (Å²) in [6.07, 6.45) is 6.88. The van der Waals surface area contributed by atoms with E-state index >= 15 is 0 Å². The SMILES string of the molecule is CCCOCCOC(=O)C1(N)CCCCCC1. The molecule has 1 rings (SSSR count). The van der Waals surface area contributed by atoms with E-state index in [2.05, 4.69) is 0 Å². The van der Waals surface area contributed by atoms with E-state index in [-0.39, 0.29) is 5.97 Å². The Bertz CT molecular complexity index is 223. The summed E-state index contributed by atoms with van der Waals surface area (Å²) in [5.41, 5.74) is 5.38. The van der Waals surface area contributed by atoms with E-state index in [1.54, 1.807) is 0 Å². The number of hydrogen-bond donors (Lipinski definition) is 1. The number of rotatable bonds is 6. The molecule has 0 spiro atoms. The van der Waals surface area contributed by atoms with Gasteiger partial charge in [0, 0.05) is 6.61 Å². The molecule has 0 aromatic carbocycles. The van der Waals surface area contributed by atoms with Crippen LogP contribution in [-0.2, 0) is 14.3 Å². The molecule has 0 bridgehead atoms. The Morgan fingerprint density at radius 3 is 2.35 bits per heavy atom. The minimum atomic E-state index is -0.749. The molecule has 4 nitrogen and oxygen atoms in total. The van der Waals surface area contributed by atoms with Crippen molar-refractivity contribution in [1.29, 1.82) is 0 Å². The predicted molar refractivity (Wildman–Crippen MR) is 66.7 cm³/mol. The predicted octanol–water partition coefficient (Wildman–Crippen LogP) is 2.01. The lowest BCUT2D eigenvalue weighted by Gasteiger charge is -2.25. The summed E-state index contributed by atoms with van der Waals surface area (Å²) in [5.74, 6) is -0.250. The first-order valence-electron chi connectivity index (χ1n) is 6.73. The lowest BCUT2D eigenvalue weighted by molar-refractivity contribution is -0.152. The van der Waals surface area contributed by atoms with Crippen LogP contribution >= 0.6 is 0 Å². The maximum absolute atomic E-state index is 11.9. The van der Waals surface area contributed by atoms with Crippen molar-refractivity contribution in [2.75, 3.05) is 19.8 Å². The Kier molecular flexibility index (Phi) is 6.52. The van der Waals surface area contributed by atoms with Crippen LogP contribution in [0.5, 0.6) is 0 Å². The molecule has 0 heterocycles. The zero-order chi connectivity index (χ0) is 12.6. The second-order valence-electron chi connectivity index (χ2n) is 4.82. The van der Waals surface area contributed by atoms with Crippen LogP contribution in [-0.4, -0.2) is 31.3 Å². The van der Waals surface area contributed by atoms with Gasteiger partial charge in [-0.05, 0) is 19.3 Å². The van der Waals surface area contributed by atoms with E-state index in [9.17, 15) is 4.79 Å². The van der Waals surface area contributed by atoms with Crippen molar-refractivity contribution < 1.29 is 14.3 Å². The molecule has 0 amide bonds. The molecule has 4 heteroatoms. The molecule has 100 valence electrons. The van der Waals surface area contributed by atoms with Crippen molar-refractivity contribution in [2.45, 2.75) is 57.4 Å². The molecule has 0 unspecified atom stereocenters. The molecule has 0 aromatic rings. The number of carbonyl (C=O) groups excluding carboxylic acids is 1. The first-order valence-corrected chi connectivity index (χ1v) is 6.73. The highest BCUT2D eigenvalue weighted by Gasteiger charge is 2.35. The topological polar surface area (TPSA) is 61.5 Å². The molecular formula is C13H25NO3. The number of hydrogen-bond acceptors (Lipinski definition) is 4. The van der Waals surface area contributed by atoms with Gasteiger partial charge in [-0.3, -0.25) is 4.79 Å². The fourth-order valence-electron chi connectivity index (χ4n) is 2.15. The average molecular weight is 243 g/mol. The number of ether oxygens (including phenoxy) is 2. The molecule has 1 saturated carbocycles. The van der Waals surface area contributed by atoms with E-state index in [4.69, 9.17) is 15.2 Å². The Morgan fingerprint density at radius 1 is 1.12 bits per heavy atom. The van der Waals surface area contributed by atoms with Crippen LogP contribution in [0.25, 0.3) is 0 Å². The van der Waals surface area contributed by atoms with Crippen LogP contribution in [0.3, 0.4) is 0 Å². The Hall–Kier alpha value is -0.610. The van der Waals surface area contributed by atoms with Gasteiger partial charge in [0.1, 0.15) is 12.1 Å². The molecule has 1 aliphatic carbocycles. The molecular weight excluding hydrogens is 218 g/mol. The van der Waals surface area contributed by atoms with Gasteiger partial charge in [-0.1, -0.05) is 32.6 Å². The summed E-state index contributed by atoms with van der Waals surface area (Å²) in [6, 6.07) is 0. The first kappa shape index (κ1) is 14.5. The summed E-state index contributed by atoms with van der Waals surface area (Å²) in [4.78, 5) is 11.9. The molecule has 0 aromatic heterocycles. The fraction of sp³-hybridized carbons (Fsp3) is 0.923. The monoisotopic (exact) mass is 243 g/mol. The third kappa shape index (κ3) is 5.04. The zero-order valence-corrected chi connectivity index (χ0v) is 10.9. The van der Waals surface area contributed by atoms with Gasteiger partial charge >= 0.3 is 5.97 Å². The molecule has 2 N–H and O–H groups in total. The molecule has 0 aliphatic heterocycles. The third-order valence-corrected chi connectivity index (χ3v) is 3.21. The van der Waals surface area contributed by atoms with Crippen LogP contribution in [0.2, 0.25) is 0 Å². The highest BCUT2D eigenvalue weighted by Crippen LogP contribution is 2.25. The Balaban J connectivity index is 2.24. The van der Waals surface area contributed by atoms with Crippen molar-refractivity contribution in [2.24, 2.45) is 5.73 Å². The second-order valence-corrected chi connectivity index (χ2v) is 4.82. The highest BCUT2D eigenvalue weighted by molar-refractivity contribution is 5.80. The van der Waals surface area contributed by atoms with E-state index in [0.717, 1.165) is 32.1 Å². The molecule has 17 heavy (non-hydrogen) atoms. The molecule has 0 atom stereocenters. The van der Waals surface area contributed by atoms with Crippen molar-refractivity contribution in [3.63, 3.8) is 0 Å². The first-order chi connectivity index (χ1) is 8.19. The normalized spacial score (nSPS) is 19.6. The van der Waals surface area contributed by atoms with Crippen molar-refractivity contribution >= 4 is 5.97 Å². The summed E-state index contributed by atoms with van der Waals surface area (Å²) >= 11 is 0. The zero-order valence-electron chi connectivity index (χ0n) is 10.9. The van der Waals surface area contributed by atoms with Gasteiger partial charge in [-0.25, -0.2) is 0 Å². The average Bonchev–Trinajstić information content (AvgIpc) is 2.54. The van der Waals surface area contributed by atoms with Gasteiger partial charge in [0.15, 0.2) is 0 Å². The smallest absolute Gasteiger partial charge is 0.326 e. The minimum Gasteiger partial charge on any atom is -0.462 e. The number of esters is 1.